The predicted molar refractivity (Wildman–Crippen MR) is 106 cm³/mol. The predicted octanol–water partition coefficient (Wildman–Crippen LogP) is 2.40. The quantitative estimate of drug-likeness (QED) is 0.738. The zero-order chi connectivity index (χ0) is 21.4. The lowest BCUT2D eigenvalue weighted by atomic mass is 10.1. The Bertz CT molecular complexity index is 1060. The van der Waals surface area contributed by atoms with Gasteiger partial charge in [-0.15, -0.1) is 0 Å². The largest absolute Gasteiger partial charge is 0.350 e. The summed E-state index contributed by atoms with van der Waals surface area (Å²) in [6.07, 6.45) is 0. The zero-order valence-electron chi connectivity index (χ0n) is 15.9. The van der Waals surface area contributed by atoms with Gasteiger partial charge in [-0.1, -0.05) is 46.7 Å². The van der Waals surface area contributed by atoms with Crippen LogP contribution in [0.25, 0.3) is 0 Å². The third-order valence-electron chi connectivity index (χ3n) is 4.94. The molecule has 1 N–H and O–H groups in total. The molecule has 0 saturated carbocycles. The Hall–Kier alpha value is -3.33. The number of aryl methyl sites for hydroxylation is 1. The number of fused-ring (bicyclic) bond motifs is 1. The van der Waals surface area contributed by atoms with Crippen molar-refractivity contribution in [3.63, 3.8) is 0 Å². The van der Waals surface area contributed by atoms with E-state index >= 15 is 0 Å². The standard InChI is InChI=1S/C20H17ClFN5O3/c1-11-2-4-12(5-3-11)9-23-16(28)10-26-18-17(24-25-26)19(29)27(20(18)30)13-6-7-15(22)14(21)8-13/h2-8,17-18H,9-10H2,1H3,(H,23,28)/t17-,18-/m0/s1. The molecule has 2 aliphatic heterocycles. The summed E-state index contributed by atoms with van der Waals surface area (Å²) in [4.78, 5) is 38.7. The van der Waals surface area contributed by atoms with Gasteiger partial charge in [0.2, 0.25) is 5.91 Å². The Kier molecular flexibility index (Phi) is 5.21. The van der Waals surface area contributed by atoms with Gasteiger partial charge in [0.1, 0.15) is 12.4 Å². The zero-order valence-corrected chi connectivity index (χ0v) is 16.6. The van der Waals surface area contributed by atoms with Crippen LogP contribution in [-0.4, -0.2) is 41.4 Å². The summed E-state index contributed by atoms with van der Waals surface area (Å²) >= 11 is 5.77. The lowest BCUT2D eigenvalue weighted by molar-refractivity contribution is -0.125. The minimum absolute atomic E-state index is 0.143. The highest BCUT2D eigenvalue weighted by Crippen LogP contribution is 2.33. The van der Waals surface area contributed by atoms with Crippen LogP contribution in [0.4, 0.5) is 10.1 Å². The van der Waals surface area contributed by atoms with E-state index < -0.39 is 29.7 Å². The number of hydrogen-bond acceptors (Lipinski definition) is 6. The summed E-state index contributed by atoms with van der Waals surface area (Å²) < 4.78 is 13.4. The van der Waals surface area contributed by atoms with Crippen molar-refractivity contribution >= 4 is 35.0 Å². The summed E-state index contributed by atoms with van der Waals surface area (Å²) in [6.45, 7) is 2.07. The van der Waals surface area contributed by atoms with Gasteiger partial charge in [0.05, 0.1) is 10.7 Å². The number of anilines is 1. The maximum Gasteiger partial charge on any atom is 0.263 e. The third kappa shape index (κ3) is 3.63. The van der Waals surface area contributed by atoms with Gasteiger partial charge in [-0.3, -0.25) is 19.4 Å². The number of carbonyl (C=O) groups excluding carboxylic acids is 3. The Labute approximate surface area is 176 Å². The monoisotopic (exact) mass is 429 g/mol. The molecule has 0 spiro atoms. The Morgan fingerprint density at radius 2 is 1.90 bits per heavy atom. The molecule has 0 bridgehead atoms. The number of rotatable bonds is 5. The van der Waals surface area contributed by atoms with Gasteiger partial charge in [-0.05, 0) is 30.7 Å². The average Bonchev–Trinajstić information content (AvgIpc) is 3.23. The molecule has 1 saturated heterocycles. The van der Waals surface area contributed by atoms with Crippen LogP contribution in [0.1, 0.15) is 11.1 Å². The molecule has 30 heavy (non-hydrogen) atoms. The van der Waals surface area contributed by atoms with E-state index in [0.717, 1.165) is 22.1 Å². The summed E-state index contributed by atoms with van der Waals surface area (Å²) in [7, 11) is 0. The molecule has 4 rings (SSSR count). The van der Waals surface area contributed by atoms with E-state index in [2.05, 4.69) is 15.7 Å². The molecule has 2 heterocycles. The first kappa shape index (κ1) is 20.0. The molecule has 10 heteroatoms. The molecule has 2 aromatic rings. The van der Waals surface area contributed by atoms with Gasteiger partial charge in [-0.2, -0.15) is 5.11 Å². The maximum absolute atomic E-state index is 13.4. The third-order valence-corrected chi connectivity index (χ3v) is 5.22. The number of nitrogens with one attached hydrogen (secondary N) is 1. The summed E-state index contributed by atoms with van der Waals surface area (Å²) in [6, 6.07) is 9.19. The normalized spacial score (nSPS) is 20.1. The lowest BCUT2D eigenvalue weighted by Gasteiger charge is -2.20. The van der Waals surface area contributed by atoms with Crippen LogP contribution in [0.3, 0.4) is 0 Å². The van der Waals surface area contributed by atoms with E-state index in [1.165, 1.54) is 17.1 Å². The molecule has 154 valence electrons. The van der Waals surface area contributed by atoms with E-state index in [0.29, 0.717) is 6.54 Å². The van der Waals surface area contributed by atoms with Crippen LogP contribution in [0.15, 0.2) is 52.8 Å². The van der Waals surface area contributed by atoms with Crippen LogP contribution in [0.5, 0.6) is 0 Å². The molecule has 2 aliphatic rings. The van der Waals surface area contributed by atoms with E-state index in [9.17, 15) is 18.8 Å². The first-order chi connectivity index (χ1) is 14.3. The summed E-state index contributed by atoms with van der Waals surface area (Å²) in [5, 5.41) is 11.4. The van der Waals surface area contributed by atoms with Crippen LogP contribution in [0.2, 0.25) is 5.02 Å². The summed E-state index contributed by atoms with van der Waals surface area (Å²) in [5.41, 5.74) is 2.19. The van der Waals surface area contributed by atoms with E-state index in [1.807, 2.05) is 31.2 Å². The Morgan fingerprint density at radius 3 is 2.60 bits per heavy atom. The Balaban J connectivity index is 1.43. The second-order valence-corrected chi connectivity index (χ2v) is 7.47. The number of halogens is 2. The topological polar surface area (TPSA) is 94.4 Å². The maximum atomic E-state index is 13.4. The molecule has 8 nitrogen and oxygen atoms in total. The molecule has 1 fully saturated rings. The second kappa shape index (κ2) is 7.83. The number of amides is 3. The summed E-state index contributed by atoms with van der Waals surface area (Å²) in [5.74, 6) is -2.21. The fourth-order valence-corrected chi connectivity index (χ4v) is 3.52. The first-order valence-corrected chi connectivity index (χ1v) is 9.55. The fraction of sp³-hybridized carbons (Fsp3) is 0.250. The van der Waals surface area contributed by atoms with Crippen molar-refractivity contribution in [3.05, 3.63) is 64.4 Å². The van der Waals surface area contributed by atoms with Crippen molar-refractivity contribution in [1.82, 2.24) is 10.3 Å². The van der Waals surface area contributed by atoms with Crippen molar-refractivity contribution in [1.29, 1.82) is 0 Å². The smallest absolute Gasteiger partial charge is 0.263 e. The fourth-order valence-electron chi connectivity index (χ4n) is 3.34. The average molecular weight is 430 g/mol. The number of carbonyl (C=O) groups is 3. The van der Waals surface area contributed by atoms with Gasteiger partial charge in [0.15, 0.2) is 12.1 Å². The van der Waals surface area contributed by atoms with Gasteiger partial charge >= 0.3 is 0 Å². The van der Waals surface area contributed by atoms with Crippen LogP contribution >= 0.6 is 11.6 Å². The molecule has 0 unspecified atom stereocenters. The minimum atomic E-state index is -1.05. The van der Waals surface area contributed by atoms with Gasteiger partial charge < -0.3 is 5.32 Å². The van der Waals surface area contributed by atoms with Crippen LogP contribution < -0.4 is 10.2 Å². The van der Waals surface area contributed by atoms with Crippen molar-refractivity contribution in [2.24, 2.45) is 10.3 Å². The van der Waals surface area contributed by atoms with Crippen molar-refractivity contribution in [2.75, 3.05) is 11.4 Å². The number of hydrogen-bond donors (Lipinski definition) is 1. The van der Waals surface area contributed by atoms with Crippen molar-refractivity contribution < 1.29 is 18.8 Å². The molecular weight excluding hydrogens is 413 g/mol. The van der Waals surface area contributed by atoms with Gasteiger partial charge in [0, 0.05) is 6.54 Å². The SMILES string of the molecule is Cc1ccc(CNC(=O)CN2N=N[C@@H]3C(=O)N(c4ccc(F)c(Cl)c4)C(=O)[C@H]32)cc1. The van der Waals surface area contributed by atoms with Crippen LogP contribution in [-0.2, 0) is 20.9 Å². The minimum Gasteiger partial charge on any atom is -0.350 e. The van der Waals surface area contributed by atoms with Crippen LogP contribution in [0, 0.1) is 12.7 Å². The van der Waals surface area contributed by atoms with Gasteiger partial charge in [0.25, 0.3) is 11.8 Å². The molecular formula is C20H17ClFN5O3. The molecule has 2 aromatic carbocycles. The molecule has 0 aromatic heterocycles. The van der Waals surface area contributed by atoms with E-state index in [-0.39, 0.29) is 23.2 Å². The molecule has 0 radical (unpaired) electrons. The van der Waals surface area contributed by atoms with Crippen molar-refractivity contribution in [2.45, 2.75) is 25.6 Å². The number of imide groups is 1. The molecule has 0 aliphatic carbocycles. The number of benzene rings is 2. The van der Waals surface area contributed by atoms with E-state index in [1.54, 1.807) is 0 Å². The highest BCUT2D eigenvalue weighted by Gasteiger charge is 2.55. The van der Waals surface area contributed by atoms with Gasteiger partial charge in [-0.25, -0.2) is 9.29 Å². The lowest BCUT2D eigenvalue weighted by Crippen LogP contribution is -2.44. The van der Waals surface area contributed by atoms with Crippen molar-refractivity contribution in [3.8, 4) is 0 Å². The van der Waals surface area contributed by atoms with E-state index in [4.69, 9.17) is 11.6 Å². The second-order valence-electron chi connectivity index (χ2n) is 7.06. The molecule has 2 atom stereocenters. The Morgan fingerprint density at radius 1 is 1.17 bits per heavy atom. The highest BCUT2D eigenvalue weighted by molar-refractivity contribution is 6.32. The number of nitrogens with zero attached hydrogens (tertiary/aromatic N) is 4. The highest BCUT2D eigenvalue weighted by atomic mass is 35.5. The first-order valence-electron chi connectivity index (χ1n) is 9.17. The molecule has 3 amide bonds.